The minimum Gasteiger partial charge on any atom is -0.478 e. The third kappa shape index (κ3) is 4.51. The normalized spacial score (nSPS) is 11.3. The summed E-state index contributed by atoms with van der Waals surface area (Å²) in [5.74, 6) is -0.0152. The first-order chi connectivity index (χ1) is 20.6. The first kappa shape index (κ1) is 26.5. The van der Waals surface area contributed by atoms with Gasteiger partial charge in [0, 0.05) is 24.0 Å². The van der Waals surface area contributed by atoms with Crippen LogP contribution in [0.25, 0.3) is 43.9 Å². The van der Waals surface area contributed by atoms with Crippen LogP contribution in [0.2, 0.25) is 0 Å². The minimum atomic E-state index is -1.03. The Bertz CT molecular complexity index is 2330. The van der Waals surface area contributed by atoms with Crippen molar-refractivity contribution in [2.45, 2.75) is 0 Å². The van der Waals surface area contributed by atoms with Crippen LogP contribution in [0.5, 0.6) is 0 Å². The van der Waals surface area contributed by atoms with Crippen molar-refractivity contribution in [1.29, 1.82) is 0 Å². The maximum atomic E-state index is 11.9. The van der Waals surface area contributed by atoms with E-state index in [1.165, 1.54) is 0 Å². The van der Waals surface area contributed by atoms with Crippen LogP contribution in [-0.4, -0.2) is 40.2 Å². The van der Waals surface area contributed by atoms with Crippen molar-refractivity contribution in [2.24, 2.45) is 0 Å². The number of benzene rings is 3. The van der Waals surface area contributed by atoms with Gasteiger partial charge < -0.3 is 14.5 Å². The van der Waals surface area contributed by atoms with Crippen LogP contribution >= 0.6 is 0 Å². The van der Waals surface area contributed by atoms with E-state index in [-0.39, 0.29) is 26.6 Å². The molecule has 5 aromatic heterocycles. The number of carboxylic acids is 1. The Morgan fingerprint density at radius 2 is 1.77 bits per heavy atom. The molecule has 0 aliphatic carbocycles. The monoisotopic (exact) mass is 740 g/mol. The molecule has 10 heteroatoms. The molecular formula is C33H19N7O2Pt. The molecule has 0 unspecified atom stereocenters. The zero-order valence-electron chi connectivity index (χ0n) is 22.2. The predicted molar refractivity (Wildman–Crippen MR) is 160 cm³/mol. The van der Waals surface area contributed by atoms with E-state index < -0.39 is 5.97 Å². The van der Waals surface area contributed by atoms with Gasteiger partial charge in [-0.15, -0.1) is 52.6 Å². The van der Waals surface area contributed by atoms with Crippen LogP contribution < -0.4 is 4.90 Å². The second kappa shape index (κ2) is 10.5. The number of pyridine rings is 2. The average molecular weight is 741 g/mol. The molecule has 0 saturated heterocycles. The number of aromatic nitrogens is 6. The first-order valence-corrected chi connectivity index (χ1v) is 13.2. The van der Waals surface area contributed by atoms with Crippen molar-refractivity contribution < 1.29 is 31.0 Å². The minimum absolute atomic E-state index is 0. The van der Waals surface area contributed by atoms with E-state index in [0.717, 1.165) is 32.9 Å². The van der Waals surface area contributed by atoms with Crippen molar-refractivity contribution in [2.75, 3.05) is 4.90 Å². The number of fused-ring (bicyclic) bond motifs is 6. The van der Waals surface area contributed by atoms with Gasteiger partial charge in [0.05, 0.1) is 23.0 Å². The summed E-state index contributed by atoms with van der Waals surface area (Å²) in [4.78, 5) is 27.7. The Kier molecular flexibility index (Phi) is 6.44. The summed E-state index contributed by atoms with van der Waals surface area (Å²) < 4.78 is 3.75. The zero-order chi connectivity index (χ0) is 28.2. The molecule has 5 heterocycles. The fourth-order valence-corrected chi connectivity index (χ4v) is 5.23. The second-order valence-electron chi connectivity index (χ2n) is 9.75. The van der Waals surface area contributed by atoms with Gasteiger partial charge in [-0.1, -0.05) is 24.3 Å². The third-order valence-corrected chi connectivity index (χ3v) is 7.22. The van der Waals surface area contributed by atoms with Crippen molar-refractivity contribution in [1.82, 2.24) is 29.1 Å². The van der Waals surface area contributed by atoms with E-state index in [9.17, 15) is 9.90 Å². The maximum absolute atomic E-state index is 11.9. The summed E-state index contributed by atoms with van der Waals surface area (Å²) in [6.07, 6.45) is 8.97. The van der Waals surface area contributed by atoms with Gasteiger partial charge in [-0.3, -0.25) is 19.5 Å². The smallest absolute Gasteiger partial charge is 0.478 e. The van der Waals surface area contributed by atoms with Crippen LogP contribution in [0.3, 0.4) is 0 Å². The number of carbonyl (C=O) groups is 1. The Morgan fingerprint density at radius 3 is 2.67 bits per heavy atom. The summed E-state index contributed by atoms with van der Waals surface area (Å²) in [7, 11) is 0. The van der Waals surface area contributed by atoms with Gasteiger partial charge in [-0.25, -0.2) is 4.79 Å². The molecule has 8 aromatic rings. The van der Waals surface area contributed by atoms with Crippen LogP contribution in [0.4, 0.5) is 17.3 Å². The molecule has 0 aliphatic rings. The number of nitrogens with zero attached hydrogens (tertiary/aromatic N) is 7. The third-order valence-electron chi connectivity index (χ3n) is 7.22. The van der Waals surface area contributed by atoms with Crippen molar-refractivity contribution in [3.8, 4) is 5.69 Å². The van der Waals surface area contributed by atoms with Crippen molar-refractivity contribution >= 4 is 61.5 Å². The van der Waals surface area contributed by atoms with Gasteiger partial charge in [0.25, 0.3) is 0 Å². The Labute approximate surface area is 259 Å². The van der Waals surface area contributed by atoms with E-state index in [1.807, 2.05) is 77.5 Å². The van der Waals surface area contributed by atoms with Gasteiger partial charge >= 0.3 is 27.0 Å². The molecule has 0 spiro atoms. The Hall–Kier alpha value is -5.40. The van der Waals surface area contributed by atoms with E-state index in [1.54, 1.807) is 46.4 Å². The van der Waals surface area contributed by atoms with Gasteiger partial charge in [-0.05, 0) is 53.4 Å². The SMILES string of the molecule is O=C(O)c1cccc(N(c2cnc3ccn4c([c-]c5cnccc54)c3n2)c2ccn(-c3[c-]c4ccccc4cc3)n2)c1.[Pt+2]. The average Bonchev–Trinajstić information content (AvgIpc) is 3.67. The van der Waals surface area contributed by atoms with Gasteiger partial charge in [-0.2, -0.15) is 5.10 Å². The maximum Gasteiger partial charge on any atom is 2.00 e. The molecule has 0 bridgehead atoms. The van der Waals surface area contributed by atoms with Crippen molar-refractivity contribution in [3.63, 3.8) is 0 Å². The summed E-state index contributed by atoms with van der Waals surface area (Å²) >= 11 is 0. The van der Waals surface area contributed by atoms with Crippen LogP contribution in [0, 0.1) is 12.1 Å². The van der Waals surface area contributed by atoms with Gasteiger partial charge in [0.15, 0.2) is 5.82 Å². The Balaban J connectivity index is 0.00000300. The number of carboxylic acid groups (broad SMARTS) is 1. The Morgan fingerprint density at radius 1 is 0.860 bits per heavy atom. The largest absolute Gasteiger partial charge is 2.00 e. The molecule has 0 amide bonds. The van der Waals surface area contributed by atoms with E-state index in [2.05, 4.69) is 17.1 Å². The summed E-state index contributed by atoms with van der Waals surface area (Å²) in [5.41, 5.74) is 4.58. The molecule has 0 fully saturated rings. The molecule has 0 radical (unpaired) electrons. The summed E-state index contributed by atoms with van der Waals surface area (Å²) in [6, 6.07) is 31.2. The van der Waals surface area contributed by atoms with E-state index in [4.69, 9.17) is 15.1 Å². The molecule has 0 aliphatic heterocycles. The van der Waals surface area contributed by atoms with E-state index in [0.29, 0.717) is 28.4 Å². The van der Waals surface area contributed by atoms with Crippen LogP contribution in [0.1, 0.15) is 10.4 Å². The molecule has 3 aromatic carbocycles. The zero-order valence-corrected chi connectivity index (χ0v) is 24.5. The number of hydrogen-bond donors (Lipinski definition) is 1. The quantitative estimate of drug-likeness (QED) is 0.200. The van der Waals surface area contributed by atoms with Crippen molar-refractivity contribution in [3.05, 3.63) is 128 Å². The molecular weight excluding hydrogens is 721 g/mol. The number of aromatic carboxylic acids is 1. The summed E-state index contributed by atoms with van der Waals surface area (Å²) in [6.45, 7) is 0. The molecule has 0 atom stereocenters. The molecule has 43 heavy (non-hydrogen) atoms. The second-order valence-corrected chi connectivity index (χ2v) is 9.75. The van der Waals surface area contributed by atoms with Crippen LogP contribution in [0.15, 0.2) is 110 Å². The summed E-state index contributed by atoms with van der Waals surface area (Å²) in [5, 5.41) is 17.5. The molecule has 0 saturated carbocycles. The molecule has 9 nitrogen and oxygen atoms in total. The van der Waals surface area contributed by atoms with Crippen LogP contribution in [-0.2, 0) is 21.1 Å². The molecule has 208 valence electrons. The van der Waals surface area contributed by atoms with Gasteiger partial charge in [0.1, 0.15) is 5.82 Å². The number of hydrogen-bond acceptors (Lipinski definition) is 6. The topological polar surface area (TPSA) is 101 Å². The van der Waals surface area contributed by atoms with E-state index >= 15 is 0 Å². The number of anilines is 3. The van der Waals surface area contributed by atoms with Gasteiger partial charge in [0.2, 0.25) is 0 Å². The fraction of sp³-hybridized carbons (Fsp3) is 0. The predicted octanol–water partition coefficient (Wildman–Crippen LogP) is 6.54. The molecule has 8 rings (SSSR count). The fourth-order valence-electron chi connectivity index (χ4n) is 5.23. The number of rotatable bonds is 5. The first-order valence-electron chi connectivity index (χ1n) is 13.2. The standard InChI is InChI=1S/C33H19N7O2.Pt/c41-33(42)23-6-3-7-26(17-23)40(30-12-15-39(37-30)25-9-8-21-4-1-2-5-22(21)16-25)31-20-35-27-11-14-38-28-10-13-34-19-24(28)18-29(38)32(27)36-31;/h1-15,17,19-20H,(H,41,42);/q-2;+2. The molecule has 1 N–H and O–H groups in total.